The van der Waals surface area contributed by atoms with Gasteiger partial charge in [0.2, 0.25) is 0 Å². The van der Waals surface area contributed by atoms with Crippen molar-refractivity contribution in [3.05, 3.63) is 27.7 Å². The van der Waals surface area contributed by atoms with E-state index in [-0.39, 0.29) is 11.5 Å². The molecule has 2 heterocycles. The first-order valence-electron chi connectivity index (χ1n) is 6.96. The molecule has 1 aliphatic carbocycles. The Hall–Kier alpha value is -1.28. The van der Waals surface area contributed by atoms with Gasteiger partial charge in [0.15, 0.2) is 9.84 Å². The monoisotopic (exact) mass is 326 g/mol. The van der Waals surface area contributed by atoms with Crippen molar-refractivity contribution in [3.63, 3.8) is 0 Å². The van der Waals surface area contributed by atoms with E-state index in [9.17, 15) is 8.42 Å². The largest absolute Gasteiger partial charge is 0.311 e. The first-order chi connectivity index (χ1) is 9.96. The summed E-state index contributed by atoms with van der Waals surface area (Å²) >= 11 is 1.51. The minimum Gasteiger partial charge on any atom is -0.311 e. The Morgan fingerprint density at radius 2 is 2.10 bits per heavy atom. The molecule has 3 rings (SSSR count). The van der Waals surface area contributed by atoms with Crippen molar-refractivity contribution in [2.75, 3.05) is 5.75 Å². The van der Waals surface area contributed by atoms with Crippen LogP contribution >= 0.6 is 11.3 Å². The number of aromatic nitrogens is 4. The lowest BCUT2D eigenvalue weighted by atomic mass is 10.3. The number of sulfone groups is 1. The molecule has 8 heteroatoms. The van der Waals surface area contributed by atoms with Gasteiger partial charge >= 0.3 is 0 Å². The molecule has 0 spiro atoms. The highest BCUT2D eigenvalue weighted by Crippen LogP contribution is 2.36. The topological polar surface area (TPSA) is 77.7 Å². The first-order valence-corrected chi connectivity index (χ1v) is 9.66. The third-order valence-corrected chi connectivity index (χ3v) is 6.20. The van der Waals surface area contributed by atoms with Crippen LogP contribution in [0.15, 0.2) is 5.51 Å². The Morgan fingerprint density at radius 3 is 2.71 bits per heavy atom. The summed E-state index contributed by atoms with van der Waals surface area (Å²) in [6.07, 6.45) is 2.70. The quantitative estimate of drug-likeness (QED) is 0.809. The van der Waals surface area contributed by atoms with E-state index in [0.29, 0.717) is 18.3 Å². The molecule has 0 radical (unpaired) electrons. The third-order valence-electron chi connectivity index (χ3n) is 3.68. The molecule has 0 unspecified atom stereocenters. The molecule has 1 aliphatic rings. The predicted octanol–water partition coefficient (Wildman–Crippen LogP) is 1.84. The normalized spacial score (nSPS) is 15.5. The molecule has 0 atom stereocenters. The highest BCUT2D eigenvalue weighted by molar-refractivity contribution is 7.90. The van der Waals surface area contributed by atoms with Crippen LogP contribution in [0.5, 0.6) is 0 Å². The van der Waals surface area contributed by atoms with E-state index < -0.39 is 9.84 Å². The second-order valence-corrected chi connectivity index (χ2v) is 8.59. The molecule has 1 fully saturated rings. The SMILES string of the molecule is Cc1ncsc1CCS(=O)(=O)Cc1nnc(C)n1C1CC1. The molecule has 6 nitrogen and oxygen atoms in total. The van der Waals surface area contributed by atoms with Crippen LogP contribution in [0, 0.1) is 13.8 Å². The summed E-state index contributed by atoms with van der Waals surface area (Å²) in [7, 11) is -3.19. The lowest BCUT2D eigenvalue weighted by molar-refractivity contribution is 0.588. The summed E-state index contributed by atoms with van der Waals surface area (Å²) in [6.45, 7) is 3.79. The molecule has 0 saturated heterocycles. The molecule has 0 bridgehead atoms. The molecular weight excluding hydrogens is 308 g/mol. The number of thiazole rings is 1. The summed E-state index contributed by atoms with van der Waals surface area (Å²) < 4.78 is 26.6. The maximum Gasteiger partial charge on any atom is 0.157 e. The summed E-state index contributed by atoms with van der Waals surface area (Å²) in [6, 6.07) is 0.397. The Balaban J connectivity index is 1.70. The molecule has 0 amide bonds. The van der Waals surface area contributed by atoms with Crippen LogP contribution in [-0.2, 0) is 22.0 Å². The molecule has 0 aliphatic heterocycles. The van der Waals surface area contributed by atoms with Gasteiger partial charge in [-0.1, -0.05) is 0 Å². The van der Waals surface area contributed by atoms with Gasteiger partial charge in [0, 0.05) is 10.9 Å². The van der Waals surface area contributed by atoms with Crippen LogP contribution in [0.25, 0.3) is 0 Å². The maximum atomic E-state index is 12.3. The van der Waals surface area contributed by atoms with Crippen molar-refractivity contribution in [1.82, 2.24) is 19.7 Å². The second kappa shape index (κ2) is 5.49. The van der Waals surface area contributed by atoms with Gasteiger partial charge in [-0.3, -0.25) is 0 Å². The van der Waals surface area contributed by atoms with Gasteiger partial charge < -0.3 is 4.57 Å². The molecule has 21 heavy (non-hydrogen) atoms. The van der Waals surface area contributed by atoms with E-state index in [1.54, 1.807) is 5.51 Å². The van der Waals surface area contributed by atoms with E-state index in [1.807, 2.05) is 18.4 Å². The fourth-order valence-corrected chi connectivity index (χ4v) is 4.56. The zero-order valence-corrected chi connectivity index (χ0v) is 13.7. The highest BCUT2D eigenvalue weighted by atomic mass is 32.2. The lowest BCUT2D eigenvalue weighted by Gasteiger charge is -2.07. The molecule has 2 aromatic heterocycles. The summed E-state index contributed by atoms with van der Waals surface area (Å²) in [5.74, 6) is 1.49. The van der Waals surface area contributed by atoms with Crippen LogP contribution in [-0.4, -0.2) is 33.9 Å². The molecular formula is C13H18N4O2S2. The Labute approximate surface area is 128 Å². The summed E-state index contributed by atoms with van der Waals surface area (Å²) in [5.41, 5.74) is 2.68. The zero-order chi connectivity index (χ0) is 15.0. The van der Waals surface area contributed by atoms with E-state index >= 15 is 0 Å². The zero-order valence-electron chi connectivity index (χ0n) is 12.1. The van der Waals surface area contributed by atoms with Crippen molar-refractivity contribution >= 4 is 21.2 Å². The highest BCUT2D eigenvalue weighted by Gasteiger charge is 2.29. The van der Waals surface area contributed by atoms with Gasteiger partial charge in [0.25, 0.3) is 0 Å². The van der Waals surface area contributed by atoms with Crippen LogP contribution in [0.1, 0.15) is 41.1 Å². The summed E-state index contributed by atoms with van der Waals surface area (Å²) in [4.78, 5) is 5.19. The Bertz CT molecular complexity index is 744. The number of hydrogen-bond acceptors (Lipinski definition) is 6. The molecule has 0 aromatic carbocycles. The average molecular weight is 326 g/mol. The van der Waals surface area contributed by atoms with Crippen molar-refractivity contribution in [1.29, 1.82) is 0 Å². The van der Waals surface area contributed by atoms with Crippen molar-refractivity contribution < 1.29 is 8.42 Å². The van der Waals surface area contributed by atoms with Crippen LogP contribution in [0.3, 0.4) is 0 Å². The number of nitrogens with zero attached hydrogens (tertiary/aromatic N) is 4. The van der Waals surface area contributed by atoms with E-state index in [0.717, 1.165) is 29.2 Å². The minimum absolute atomic E-state index is 0.0256. The number of hydrogen-bond donors (Lipinski definition) is 0. The van der Waals surface area contributed by atoms with Gasteiger partial charge in [0.05, 0.1) is 17.0 Å². The van der Waals surface area contributed by atoms with Crippen LogP contribution in [0.4, 0.5) is 0 Å². The van der Waals surface area contributed by atoms with E-state index in [4.69, 9.17) is 0 Å². The minimum atomic E-state index is -3.19. The van der Waals surface area contributed by atoms with Gasteiger partial charge in [-0.2, -0.15) is 0 Å². The number of aryl methyl sites for hydroxylation is 3. The Morgan fingerprint density at radius 1 is 1.33 bits per heavy atom. The van der Waals surface area contributed by atoms with Crippen LogP contribution in [0.2, 0.25) is 0 Å². The van der Waals surface area contributed by atoms with Crippen molar-refractivity contribution in [2.45, 2.75) is 44.9 Å². The molecule has 2 aromatic rings. The molecule has 1 saturated carbocycles. The van der Waals surface area contributed by atoms with E-state index in [1.165, 1.54) is 11.3 Å². The van der Waals surface area contributed by atoms with Crippen molar-refractivity contribution in [2.24, 2.45) is 0 Å². The lowest BCUT2D eigenvalue weighted by Crippen LogP contribution is -2.15. The smallest absolute Gasteiger partial charge is 0.157 e. The Kier molecular flexibility index (Phi) is 3.83. The van der Waals surface area contributed by atoms with Gasteiger partial charge in [-0.25, -0.2) is 13.4 Å². The van der Waals surface area contributed by atoms with E-state index in [2.05, 4.69) is 15.2 Å². The van der Waals surface area contributed by atoms with Gasteiger partial charge in [-0.05, 0) is 33.1 Å². The standard InChI is InChI=1S/C13H18N4O2S2/c1-9-12(20-8-14-9)5-6-21(18,19)7-13-16-15-10(2)17(13)11-3-4-11/h8,11H,3-7H2,1-2H3. The average Bonchev–Trinajstić information content (AvgIpc) is 3.07. The van der Waals surface area contributed by atoms with Gasteiger partial charge in [0.1, 0.15) is 17.4 Å². The van der Waals surface area contributed by atoms with Crippen molar-refractivity contribution in [3.8, 4) is 0 Å². The number of rotatable bonds is 6. The third kappa shape index (κ3) is 3.32. The second-order valence-electron chi connectivity index (χ2n) is 5.47. The predicted molar refractivity (Wildman–Crippen MR) is 81.1 cm³/mol. The fraction of sp³-hybridized carbons (Fsp3) is 0.615. The molecule has 0 N–H and O–H groups in total. The summed E-state index contributed by atoms with van der Waals surface area (Å²) in [5, 5.41) is 8.08. The first kappa shape index (κ1) is 14.6. The fourth-order valence-electron chi connectivity index (χ4n) is 2.40. The van der Waals surface area contributed by atoms with Crippen LogP contribution < -0.4 is 0 Å². The molecule has 114 valence electrons. The van der Waals surface area contributed by atoms with Gasteiger partial charge in [-0.15, -0.1) is 21.5 Å². The maximum absolute atomic E-state index is 12.3.